The van der Waals surface area contributed by atoms with Gasteiger partial charge in [-0.2, -0.15) is 0 Å². The van der Waals surface area contributed by atoms with Crippen LogP contribution in [0, 0.1) is 5.82 Å². The van der Waals surface area contributed by atoms with Crippen molar-refractivity contribution in [2.45, 2.75) is 25.3 Å². The van der Waals surface area contributed by atoms with Crippen LogP contribution in [0.2, 0.25) is 0 Å². The molecule has 0 aromatic heterocycles. The minimum atomic E-state index is -0.242. The van der Waals surface area contributed by atoms with Crippen LogP contribution in [0.5, 0.6) is 11.5 Å². The number of halogens is 2. The van der Waals surface area contributed by atoms with E-state index in [1.54, 1.807) is 6.07 Å². The Labute approximate surface area is 107 Å². The molecule has 0 aliphatic carbocycles. The van der Waals surface area contributed by atoms with Gasteiger partial charge in [0.25, 0.3) is 0 Å². The molecule has 2 aliphatic rings. The summed E-state index contributed by atoms with van der Waals surface area (Å²) >= 11 is 3.24. The molecule has 1 saturated heterocycles. The summed E-state index contributed by atoms with van der Waals surface area (Å²) < 4.78 is 25.1. The minimum Gasteiger partial charge on any atom is -0.454 e. The normalized spacial score (nSPS) is 22.8. The van der Waals surface area contributed by atoms with Crippen LogP contribution in [0.25, 0.3) is 0 Å². The van der Waals surface area contributed by atoms with Crippen LogP contribution < -0.4 is 14.8 Å². The van der Waals surface area contributed by atoms with Crippen LogP contribution in [0.15, 0.2) is 10.5 Å². The van der Waals surface area contributed by atoms with E-state index in [1.807, 2.05) is 0 Å². The van der Waals surface area contributed by atoms with Crippen LogP contribution in [0.3, 0.4) is 0 Å². The third kappa shape index (κ3) is 1.91. The second-order valence-corrected chi connectivity index (χ2v) is 5.12. The Morgan fingerprint density at radius 2 is 2.24 bits per heavy atom. The first-order chi connectivity index (χ1) is 8.27. The molecule has 0 bridgehead atoms. The molecule has 1 atom stereocenters. The topological polar surface area (TPSA) is 30.5 Å². The summed E-state index contributed by atoms with van der Waals surface area (Å²) in [6, 6.07) is 1.83. The molecular formula is C12H13BrFNO2. The molecule has 92 valence electrons. The van der Waals surface area contributed by atoms with E-state index in [4.69, 9.17) is 9.47 Å². The highest BCUT2D eigenvalue weighted by atomic mass is 79.9. The van der Waals surface area contributed by atoms with E-state index in [2.05, 4.69) is 21.2 Å². The highest BCUT2D eigenvalue weighted by Crippen LogP contribution is 2.44. The largest absolute Gasteiger partial charge is 0.454 e. The number of rotatable bonds is 1. The average Bonchev–Trinajstić information content (AvgIpc) is 2.83. The smallest absolute Gasteiger partial charge is 0.231 e. The molecule has 0 radical (unpaired) electrons. The SMILES string of the molecule is Fc1c(C2CCCCN2)cc2c(c1Br)OCO2. The number of ether oxygens (including phenoxy) is 2. The van der Waals surface area contributed by atoms with Crippen molar-refractivity contribution < 1.29 is 13.9 Å². The van der Waals surface area contributed by atoms with Crippen molar-refractivity contribution in [3.05, 3.63) is 21.9 Å². The number of benzene rings is 1. The van der Waals surface area contributed by atoms with Crippen molar-refractivity contribution >= 4 is 15.9 Å². The Kier molecular flexibility index (Phi) is 2.96. The lowest BCUT2D eigenvalue weighted by Gasteiger charge is -2.24. The molecule has 17 heavy (non-hydrogen) atoms. The fourth-order valence-electron chi connectivity index (χ4n) is 2.37. The maximum absolute atomic E-state index is 14.2. The van der Waals surface area contributed by atoms with E-state index >= 15 is 0 Å². The maximum atomic E-state index is 14.2. The molecule has 1 unspecified atom stereocenters. The number of hydrogen-bond donors (Lipinski definition) is 1. The van der Waals surface area contributed by atoms with Crippen LogP contribution in [-0.2, 0) is 0 Å². The van der Waals surface area contributed by atoms with Crippen molar-refractivity contribution in [2.75, 3.05) is 13.3 Å². The van der Waals surface area contributed by atoms with E-state index in [1.165, 1.54) is 0 Å². The van der Waals surface area contributed by atoms with E-state index in [0.29, 0.717) is 21.5 Å². The van der Waals surface area contributed by atoms with Crippen LogP contribution in [-0.4, -0.2) is 13.3 Å². The average molecular weight is 302 g/mol. The Bertz CT molecular complexity index is 447. The van der Waals surface area contributed by atoms with Gasteiger partial charge < -0.3 is 14.8 Å². The van der Waals surface area contributed by atoms with Gasteiger partial charge in [-0.1, -0.05) is 6.42 Å². The van der Waals surface area contributed by atoms with Gasteiger partial charge in [0, 0.05) is 11.6 Å². The van der Waals surface area contributed by atoms with Gasteiger partial charge in [-0.05, 0) is 41.4 Å². The maximum Gasteiger partial charge on any atom is 0.231 e. The lowest BCUT2D eigenvalue weighted by Crippen LogP contribution is -2.27. The zero-order valence-electron chi connectivity index (χ0n) is 9.26. The minimum absolute atomic E-state index is 0.0783. The molecule has 1 fully saturated rings. The molecule has 2 heterocycles. The molecule has 1 N–H and O–H groups in total. The molecule has 0 amide bonds. The first kappa shape index (κ1) is 11.3. The fraction of sp³-hybridized carbons (Fsp3) is 0.500. The molecule has 3 rings (SSSR count). The van der Waals surface area contributed by atoms with Gasteiger partial charge in [-0.15, -0.1) is 0 Å². The second kappa shape index (κ2) is 4.46. The summed E-state index contributed by atoms with van der Waals surface area (Å²) in [7, 11) is 0. The van der Waals surface area contributed by atoms with Gasteiger partial charge >= 0.3 is 0 Å². The number of nitrogens with one attached hydrogen (secondary N) is 1. The van der Waals surface area contributed by atoms with E-state index < -0.39 is 0 Å². The van der Waals surface area contributed by atoms with Gasteiger partial charge in [0.05, 0.1) is 4.47 Å². The van der Waals surface area contributed by atoms with Gasteiger partial charge in [-0.25, -0.2) is 4.39 Å². The molecule has 1 aromatic rings. The number of piperidine rings is 1. The lowest BCUT2D eigenvalue weighted by molar-refractivity contribution is 0.173. The lowest BCUT2D eigenvalue weighted by atomic mass is 9.97. The third-order valence-electron chi connectivity index (χ3n) is 3.26. The summed E-state index contributed by atoms with van der Waals surface area (Å²) in [5.41, 5.74) is 0.667. The van der Waals surface area contributed by atoms with Crippen LogP contribution in [0.4, 0.5) is 4.39 Å². The van der Waals surface area contributed by atoms with E-state index in [9.17, 15) is 4.39 Å². The first-order valence-corrected chi connectivity index (χ1v) is 6.57. The molecular weight excluding hydrogens is 289 g/mol. The Morgan fingerprint density at radius 3 is 3.00 bits per heavy atom. The third-order valence-corrected chi connectivity index (χ3v) is 3.97. The Hall–Kier alpha value is -0.810. The molecule has 1 aromatic carbocycles. The molecule has 0 saturated carbocycles. The van der Waals surface area contributed by atoms with Crippen molar-refractivity contribution in [1.82, 2.24) is 5.32 Å². The summed E-state index contributed by atoms with van der Waals surface area (Å²) in [4.78, 5) is 0. The standard InChI is InChI=1S/C12H13BrFNO2/c13-10-11(14)7(8-3-1-2-4-15-8)5-9-12(10)17-6-16-9/h5,8,15H,1-4,6H2. The van der Waals surface area contributed by atoms with Crippen molar-refractivity contribution in [1.29, 1.82) is 0 Å². The van der Waals surface area contributed by atoms with Crippen molar-refractivity contribution in [3.63, 3.8) is 0 Å². The monoisotopic (exact) mass is 301 g/mol. The first-order valence-electron chi connectivity index (χ1n) is 5.78. The zero-order valence-corrected chi connectivity index (χ0v) is 10.8. The summed E-state index contributed by atoms with van der Waals surface area (Å²) in [5.74, 6) is 0.858. The molecule has 5 heteroatoms. The highest BCUT2D eigenvalue weighted by Gasteiger charge is 2.27. The Morgan fingerprint density at radius 1 is 1.35 bits per heavy atom. The van der Waals surface area contributed by atoms with Crippen LogP contribution >= 0.6 is 15.9 Å². The Balaban J connectivity index is 2.01. The van der Waals surface area contributed by atoms with E-state index in [-0.39, 0.29) is 18.7 Å². The fourth-order valence-corrected chi connectivity index (χ4v) is 2.91. The van der Waals surface area contributed by atoms with Gasteiger partial charge in [-0.3, -0.25) is 0 Å². The predicted molar refractivity (Wildman–Crippen MR) is 64.8 cm³/mol. The summed E-state index contributed by atoms with van der Waals surface area (Å²) in [6.07, 6.45) is 3.25. The number of hydrogen-bond acceptors (Lipinski definition) is 3. The van der Waals surface area contributed by atoms with Gasteiger partial charge in [0.2, 0.25) is 6.79 Å². The number of fused-ring (bicyclic) bond motifs is 1. The van der Waals surface area contributed by atoms with Gasteiger partial charge in [0.15, 0.2) is 11.5 Å². The summed E-state index contributed by atoms with van der Waals surface area (Å²) in [5, 5.41) is 3.34. The van der Waals surface area contributed by atoms with Crippen LogP contribution in [0.1, 0.15) is 30.9 Å². The summed E-state index contributed by atoms with van der Waals surface area (Å²) in [6.45, 7) is 1.10. The quantitative estimate of drug-likeness (QED) is 0.864. The van der Waals surface area contributed by atoms with E-state index in [0.717, 1.165) is 25.8 Å². The predicted octanol–water partition coefficient (Wildman–Crippen LogP) is 3.13. The highest BCUT2D eigenvalue weighted by molar-refractivity contribution is 9.10. The van der Waals surface area contributed by atoms with Crippen molar-refractivity contribution in [3.8, 4) is 11.5 Å². The second-order valence-electron chi connectivity index (χ2n) is 4.33. The van der Waals surface area contributed by atoms with Crippen molar-refractivity contribution in [2.24, 2.45) is 0 Å². The molecule has 2 aliphatic heterocycles. The zero-order chi connectivity index (χ0) is 11.8. The van der Waals surface area contributed by atoms with Gasteiger partial charge in [0.1, 0.15) is 5.82 Å². The molecule has 3 nitrogen and oxygen atoms in total. The molecule has 0 spiro atoms.